The summed E-state index contributed by atoms with van der Waals surface area (Å²) >= 11 is 1.58. The van der Waals surface area contributed by atoms with E-state index in [1.165, 1.54) is 44.9 Å². The lowest BCUT2D eigenvalue weighted by Gasteiger charge is -2.38. The van der Waals surface area contributed by atoms with E-state index in [9.17, 15) is 0 Å². The van der Waals surface area contributed by atoms with Crippen molar-refractivity contribution in [1.82, 2.24) is 10.9 Å². The predicted molar refractivity (Wildman–Crippen MR) is 75.1 cm³/mol. The zero-order chi connectivity index (χ0) is 12.1. The molecule has 17 heavy (non-hydrogen) atoms. The molecule has 1 saturated carbocycles. The van der Waals surface area contributed by atoms with E-state index >= 15 is 0 Å². The molecule has 0 aromatic carbocycles. The van der Waals surface area contributed by atoms with Crippen LogP contribution >= 0.6 is 11.8 Å². The quantitative estimate of drug-likeness (QED) is 0.814. The van der Waals surface area contributed by atoms with Gasteiger partial charge in [-0.15, -0.1) is 5.10 Å². The van der Waals surface area contributed by atoms with E-state index < -0.39 is 0 Å². The number of thioether (sulfide) groups is 1. The smallest absolute Gasteiger partial charge is 0.200 e. The Hall–Kier alpha value is -0.710. The number of rotatable bonds is 3. The van der Waals surface area contributed by atoms with Crippen LogP contribution in [0.5, 0.6) is 0 Å². The van der Waals surface area contributed by atoms with E-state index in [1.807, 2.05) is 6.26 Å². The number of nitrogens with one attached hydrogen (secondary N) is 2. The van der Waals surface area contributed by atoms with E-state index in [2.05, 4.69) is 28.0 Å². The molecule has 0 aromatic heterocycles. The fraction of sp³-hybridized carbons (Fsp3) is 0.833. The van der Waals surface area contributed by atoms with Crippen LogP contribution in [0.2, 0.25) is 0 Å². The van der Waals surface area contributed by atoms with Crippen molar-refractivity contribution in [3.8, 4) is 0 Å². The predicted octanol–water partition coefficient (Wildman–Crippen LogP) is 2.88. The third-order valence-electron chi connectivity index (χ3n) is 3.76. The molecule has 0 unspecified atom stereocenters. The van der Waals surface area contributed by atoms with Crippen molar-refractivity contribution in [2.45, 2.75) is 51.9 Å². The summed E-state index contributed by atoms with van der Waals surface area (Å²) < 4.78 is 0. The first kappa shape index (κ1) is 12.7. The van der Waals surface area contributed by atoms with E-state index in [4.69, 9.17) is 0 Å². The topological polar surface area (TPSA) is 48.8 Å². The summed E-state index contributed by atoms with van der Waals surface area (Å²) in [5.41, 5.74) is 6.45. The van der Waals surface area contributed by atoms with Crippen molar-refractivity contribution in [2.75, 3.05) is 6.26 Å². The van der Waals surface area contributed by atoms with Gasteiger partial charge in [0, 0.05) is 5.41 Å². The van der Waals surface area contributed by atoms with E-state index in [0.29, 0.717) is 0 Å². The Labute approximate surface area is 108 Å². The minimum absolute atomic E-state index is 0.243. The second-order valence-corrected chi connectivity index (χ2v) is 5.69. The first-order chi connectivity index (χ1) is 8.30. The second-order valence-electron chi connectivity index (χ2n) is 4.90. The summed E-state index contributed by atoms with van der Waals surface area (Å²) in [7, 11) is 0. The van der Waals surface area contributed by atoms with E-state index in [-0.39, 0.29) is 5.41 Å². The van der Waals surface area contributed by atoms with Crippen LogP contribution < -0.4 is 10.9 Å². The third kappa shape index (κ3) is 2.76. The highest BCUT2D eigenvalue weighted by Gasteiger charge is 2.37. The first-order valence-corrected chi connectivity index (χ1v) is 7.75. The van der Waals surface area contributed by atoms with Crippen molar-refractivity contribution in [3.63, 3.8) is 0 Å². The summed E-state index contributed by atoms with van der Waals surface area (Å²) in [6, 6.07) is 0. The molecule has 0 radical (unpaired) electrons. The SMILES string of the molecule is CCCC1(C2=NNC(SC)=NN2)CCCCC1. The molecule has 0 spiro atoms. The number of hydrogen-bond donors (Lipinski definition) is 2. The Morgan fingerprint density at radius 1 is 1.18 bits per heavy atom. The summed E-state index contributed by atoms with van der Waals surface area (Å²) in [6.45, 7) is 2.25. The van der Waals surface area contributed by atoms with Crippen molar-refractivity contribution in [2.24, 2.45) is 15.6 Å². The molecule has 2 aliphatic rings. The normalized spacial score (nSPS) is 23.2. The van der Waals surface area contributed by atoms with Gasteiger partial charge in [-0.2, -0.15) is 5.10 Å². The zero-order valence-corrected chi connectivity index (χ0v) is 11.6. The van der Waals surface area contributed by atoms with Crippen LogP contribution in [-0.4, -0.2) is 17.3 Å². The van der Waals surface area contributed by atoms with Crippen LogP contribution in [-0.2, 0) is 0 Å². The van der Waals surface area contributed by atoms with Crippen LogP contribution in [0.25, 0.3) is 0 Å². The van der Waals surface area contributed by atoms with Gasteiger partial charge in [0.2, 0.25) is 5.17 Å². The molecular weight excluding hydrogens is 232 g/mol. The van der Waals surface area contributed by atoms with Gasteiger partial charge in [0.05, 0.1) is 0 Å². The second kappa shape index (κ2) is 5.76. The first-order valence-electron chi connectivity index (χ1n) is 6.52. The van der Waals surface area contributed by atoms with Gasteiger partial charge in [-0.25, -0.2) is 0 Å². The number of nitrogens with zero attached hydrogens (tertiary/aromatic N) is 2. The molecule has 0 aromatic rings. The largest absolute Gasteiger partial charge is 0.260 e. The minimum Gasteiger partial charge on any atom is -0.260 e. The highest BCUT2D eigenvalue weighted by atomic mass is 32.2. The van der Waals surface area contributed by atoms with E-state index in [0.717, 1.165) is 11.0 Å². The molecule has 5 heteroatoms. The molecule has 0 saturated heterocycles. The van der Waals surface area contributed by atoms with Gasteiger partial charge < -0.3 is 0 Å². The van der Waals surface area contributed by atoms with Crippen LogP contribution in [0.15, 0.2) is 10.2 Å². The Morgan fingerprint density at radius 3 is 2.47 bits per heavy atom. The molecule has 1 aliphatic carbocycles. The van der Waals surface area contributed by atoms with Crippen molar-refractivity contribution in [3.05, 3.63) is 0 Å². The zero-order valence-electron chi connectivity index (χ0n) is 10.8. The molecule has 2 N–H and O–H groups in total. The molecule has 1 aliphatic heterocycles. The summed E-state index contributed by atoms with van der Waals surface area (Å²) in [4.78, 5) is 0. The maximum Gasteiger partial charge on any atom is 0.200 e. The van der Waals surface area contributed by atoms with Crippen LogP contribution in [0, 0.1) is 5.41 Å². The summed E-state index contributed by atoms with van der Waals surface area (Å²) in [6.07, 6.45) is 10.9. The van der Waals surface area contributed by atoms with Gasteiger partial charge in [0.1, 0.15) is 5.84 Å². The lowest BCUT2D eigenvalue weighted by atomic mass is 9.70. The van der Waals surface area contributed by atoms with Gasteiger partial charge in [0.15, 0.2) is 0 Å². The summed E-state index contributed by atoms with van der Waals surface area (Å²) in [5, 5.41) is 9.66. The van der Waals surface area contributed by atoms with Crippen molar-refractivity contribution < 1.29 is 0 Å². The number of amidine groups is 2. The molecule has 1 fully saturated rings. The summed E-state index contributed by atoms with van der Waals surface area (Å²) in [5.74, 6) is 1.05. The lowest BCUT2D eigenvalue weighted by Crippen LogP contribution is -2.45. The number of hydrogen-bond acceptors (Lipinski definition) is 5. The van der Waals surface area contributed by atoms with Crippen LogP contribution in [0.3, 0.4) is 0 Å². The Bertz CT molecular complexity index is 313. The molecule has 2 rings (SSSR count). The molecule has 0 amide bonds. The monoisotopic (exact) mass is 254 g/mol. The fourth-order valence-electron chi connectivity index (χ4n) is 2.90. The highest BCUT2D eigenvalue weighted by Crippen LogP contribution is 2.41. The molecule has 0 bridgehead atoms. The lowest BCUT2D eigenvalue weighted by molar-refractivity contribution is 0.255. The van der Waals surface area contributed by atoms with Gasteiger partial charge in [-0.1, -0.05) is 44.4 Å². The van der Waals surface area contributed by atoms with Crippen molar-refractivity contribution in [1.29, 1.82) is 0 Å². The Morgan fingerprint density at radius 2 is 1.94 bits per heavy atom. The van der Waals surface area contributed by atoms with Crippen molar-refractivity contribution >= 4 is 22.8 Å². The third-order valence-corrected chi connectivity index (χ3v) is 4.33. The molecule has 0 atom stereocenters. The molecule has 1 heterocycles. The van der Waals surface area contributed by atoms with Crippen LogP contribution in [0.4, 0.5) is 0 Å². The van der Waals surface area contributed by atoms with Crippen LogP contribution in [0.1, 0.15) is 51.9 Å². The highest BCUT2D eigenvalue weighted by molar-refractivity contribution is 8.13. The number of hydrazone groups is 2. The molecule has 4 nitrogen and oxygen atoms in total. The van der Waals surface area contributed by atoms with Gasteiger partial charge in [0.25, 0.3) is 0 Å². The Kier molecular flexibility index (Phi) is 4.31. The van der Waals surface area contributed by atoms with Gasteiger partial charge in [-0.3, -0.25) is 10.9 Å². The maximum atomic E-state index is 4.50. The fourth-order valence-corrected chi connectivity index (χ4v) is 3.17. The maximum absolute atomic E-state index is 4.50. The van der Waals surface area contributed by atoms with Gasteiger partial charge >= 0.3 is 0 Å². The molecule has 96 valence electrons. The molecular formula is C12H22N4S. The van der Waals surface area contributed by atoms with Gasteiger partial charge in [-0.05, 0) is 25.5 Å². The minimum atomic E-state index is 0.243. The average Bonchev–Trinajstić information content (AvgIpc) is 2.40. The van der Waals surface area contributed by atoms with E-state index in [1.54, 1.807) is 11.8 Å². The standard InChI is InChI=1S/C12H22N4S/c1-3-7-12(8-5-4-6-9-12)10-13-15-11(17-2)16-14-10/h3-9H2,1-2H3,(H,13,14)(H,15,16). The average molecular weight is 254 g/mol. The Balaban J connectivity index is 2.09.